The lowest BCUT2D eigenvalue weighted by molar-refractivity contribution is 1.19. The first kappa shape index (κ1) is 5.76. The van der Waals surface area contributed by atoms with Gasteiger partial charge in [-0.2, -0.15) is 0 Å². The van der Waals surface area contributed by atoms with Crippen molar-refractivity contribution in [2.45, 2.75) is 0 Å². The summed E-state index contributed by atoms with van der Waals surface area (Å²) in [6.45, 7) is 0.807. The molecule has 2 heteroatoms. The number of hydrogen-bond donors (Lipinski definition) is 0. The third kappa shape index (κ3) is 1.30. The van der Waals surface area contributed by atoms with E-state index in [4.69, 9.17) is 0 Å². The molecular formula is C6H6BrN. The third-order valence-corrected chi connectivity index (χ3v) is 1.50. The summed E-state index contributed by atoms with van der Waals surface area (Å²) in [5.74, 6) is 0. The largest absolute Gasteiger partial charge is 0.288 e. The van der Waals surface area contributed by atoms with Crippen LogP contribution in [-0.4, -0.2) is 12.8 Å². The second-order valence-electron chi connectivity index (χ2n) is 1.53. The van der Waals surface area contributed by atoms with Crippen LogP contribution in [0.4, 0.5) is 0 Å². The minimum Gasteiger partial charge on any atom is -0.288 e. The van der Waals surface area contributed by atoms with E-state index < -0.39 is 0 Å². The van der Waals surface area contributed by atoms with Gasteiger partial charge in [0.15, 0.2) is 0 Å². The molecule has 0 aromatic carbocycles. The smallest absolute Gasteiger partial charge is 0.0644 e. The highest BCUT2D eigenvalue weighted by Gasteiger charge is 1.89. The van der Waals surface area contributed by atoms with Gasteiger partial charge in [0.25, 0.3) is 0 Å². The molecule has 1 heterocycles. The molecule has 1 nitrogen and oxygen atoms in total. The normalized spacial score (nSPS) is 22.4. The van der Waals surface area contributed by atoms with Gasteiger partial charge < -0.3 is 0 Å². The fourth-order valence-electron chi connectivity index (χ4n) is 0.509. The van der Waals surface area contributed by atoms with E-state index in [-0.39, 0.29) is 0 Å². The first-order valence-corrected chi connectivity index (χ1v) is 3.31. The summed E-state index contributed by atoms with van der Waals surface area (Å²) in [7, 11) is 0. The molecule has 0 aromatic heterocycles. The quantitative estimate of drug-likeness (QED) is 0.529. The molecule has 0 bridgehead atoms. The van der Waals surface area contributed by atoms with Crippen molar-refractivity contribution in [2.75, 3.05) is 6.54 Å². The number of aliphatic imine (C=N–C) groups is 1. The summed E-state index contributed by atoms with van der Waals surface area (Å²) in [6.07, 6.45) is 5.76. The Labute approximate surface area is 56.9 Å². The van der Waals surface area contributed by atoms with Crippen molar-refractivity contribution in [2.24, 2.45) is 4.99 Å². The number of hydrogen-bond acceptors (Lipinski definition) is 1. The zero-order valence-electron chi connectivity index (χ0n) is 4.34. The van der Waals surface area contributed by atoms with Gasteiger partial charge in [-0.05, 0) is 16.6 Å². The van der Waals surface area contributed by atoms with Gasteiger partial charge in [0, 0.05) is 6.21 Å². The van der Waals surface area contributed by atoms with E-state index in [1.54, 1.807) is 6.21 Å². The average Bonchev–Trinajstić information content (AvgIpc) is 1.90. The zero-order valence-corrected chi connectivity index (χ0v) is 5.93. The standard InChI is InChI=1S/C6H6BrN/c7-4-6-2-1-3-8-5-6/h1-4H,5H2/b6-4+. The highest BCUT2D eigenvalue weighted by molar-refractivity contribution is 9.11. The van der Waals surface area contributed by atoms with Crippen LogP contribution >= 0.6 is 15.9 Å². The zero-order chi connectivity index (χ0) is 5.82. The van der Waals surface area contributed by atoms with Gasteiger partial charge in [-0.1, -0.05) is 22.0 Å². The lowest BCUT2D eigenvalue weighted by atomic mass is 10.2. The second kappa shape index (κ2) is 2.82. The molecule has 0 N–H and O–H groups in total. The predicted octanol–water partition coefficient (Wildman–Crippen LogP) is 1.91. The van der Waals surface area contributed by atoms with E-state index in [0.29, 0.717) is 0 Å². The first-order chi connectivity index (χ1) is 3.93. The van der Waals surface area contributed by atoms with Crippen molar-refractivity contribution in [3.8, 4) is 0 Å². The van der Waals surface area contributed by atoms with Crippen molar-refractivity contribution in [1.82, 2.24) is 0 Å². The van der Waals surface area contributed by atoms with Crippen LogP contribution in [0.2, 0.25) is 0 Å². The molecule has 0 fully saturated rings. The minimum absolute atomic E-state index is 0.807. The fraction of sp³-hybridized carbons (Fsp3) is 0.167. The minimum atomic E-state index is 0.807. The monoisotopic (exact) mass is 171 g/mol. The Morgan fingerprint density at radius 3 is 3.00 bits per heavy atom. The summed E-state index contributed by atoms with van der Waals surface area (Å²) in [6, 6.07) is 0. The molecule has 0 aliphatic carbocycles. The number of dihydropyridines is 1. The number of rotatable bonds is 0. The van der Waals surface area contributed by atoms with Crippen molar-refractivity contribution in [3.05, 3.63) is 22.7 Å². The van der Waals surface area contributed by atoms with Gasteiger partial charge >= 0.3 is 0 Å². The van der Waals surface area contributed by atoms with Crippen LogP contribution < -0.4 is 0 Å². The molecule has 0 unspecified atom stereocenters. The van der Waals surface area contributed by atoms with Gasteiger partial charge in [-0.15, -0.1) is 0 Å². The van der Waals surface area contributed by atoms with Crippen molar-refractivity contribution in [1.29, 1.82) is 0 Å². The molecule has 0 saturated heterocycles. The molecule has 0 atom stereocenters. The molecule has 0 radical (unpaired) electrons. The second-order valence-corrected chi connectivity index (χ2v) is 1.99. The number of halogens is 1. The van der Waals surface area contributed by atoms with Crippen LogP contribution in [0.25, 0.3) is 0 Å². The molecule has 0 aromatic rings. The molecule has 1 aliphatic heterocycles. The fourth-order valence-corrected chi connectivity index (χ4v) is 0.807. The molecule has 8 heavy (non-hydrogen) atoms. The van der Waals surface area contributed by atoms with Crippen LogP contribution in [0.5, 0.6) is 0 Å². The van der Waals surface area contributed by atoms with Gasteiger partial charge in [-0.3, -0.25) is 4.99 Å². The Morgan fingerprint density at radius 2 is 2.62 bits per heavy atom. The van der Waals surface area contributed by atoms with Crippen molar-refractivity contribution >= 4 is 22.1 Å². The topological polar surface area (TPSA) is 12.4 Å². The molecule has 1 aliphatic rings. The van der Waals surface area contributed by atoms with Gasteiger partial charge in [0.1, 0.15) is 0 Å². The molecule has 1 rings (SSSR count). The summed E-state index contributed by atoms with van der Waals surface area (Å²) < 4.78 is 0. The Bertz CT molecular complexity index is 156. The highest BCUT2D eigenvalue weighted by Crippen LogP contribution is 2.03. The van der Waals surface area contributed by atoms with E-state index in [2.05, 4.69) is 20.9 Å². The summed E-state index contributed by atoms with van der Waals surface area (Å²) in [5.41, 5.74) is 1.22. The molecule has 42 valence electrons. The van der Waals surface area contributed by atoms with E-state index >= 15 is 0 Å². The Hall–Kier alpha value is -0.370. The third-order valence-electron chi connectivity index (χ3n) is 0.916. The van der Waals surface area contributed by atoms with Gasteiger partial charge in [-0.25, -0.2) is 0 Å². The summed E-state index contributed by atoms with van der Waals surface area (Å²) >= 11 is 3.22. The van der Waals surface area contributed by atoms with Crippen LogP contribution in [0.1, 0.15) is 0 Å². The van der Waals surface area contributed by atoms with Crippen LogP contribution in [0.15, 0.2) is 27.7 Å². The first-order valence-electron chi connectivity index (χ1n) is 2.39. The van der Waals surface area contributed by atoms with Gasteiger partial charge in [0.2, 0.25) is 0 Å². The lowest BCUT2D eigenvalue weighted by Gasteiger charge is -1.96. The van der Waals surface area contributed by atoms with Crippen molar-refractivity contribution < 1.29 is 0 Å². The highest BCUT2D eigenvalue weighted by atomic mass is 79.9. The Kier molecular flexibility index (Phi) is 2.03. The van der Waals surface area contributed by atoms with E-state index in [1.807, 2.05) is 17.1 Å². The van der Waals surface area contributed by atoms with E-state index in [0.717, 1.165) is 6.54 Å². The Morgan fingerprint density at radius 1 is 1.75 bits per heavy atom. The van der Waals surface area contributed by atoms with E-state index in [1.165, 1.54) is 5.57 Å². The molecular weight excluding hydrogens is 166 g/mol. The molecule has 0 spiro atoms. The molecule has 0 amide bonds. The molecule has 0 saturated carbocycles. The van der Waals surface area contributed by atoms with Crippen LogP contribution in [0, 0.1) is 0 Å². The van der Waals surface area contributed by atoms with E-state index in [9.17, 15) is 0 Å². The summed E-state index contributed by atoms with van der Waals surface area (Å²) in [5, 5.41) is 0. The maximum absolute atomic E-state index is 4.02. The Balaban J connectivity index is 2.66. The lowest BCUT2D eigenvalue weighted by Crippen LogP contribution is -1.88. The SMILES string of the molecule is Br/C=C1\C=CC=NC1. The summed E-state index contributed by atoms with van der Waals surface area (Å²) in [4.78, 5) is 5.91. The number of allylic oxidation sites excluding steroid dienone is 1. The van der Waals surface area contributed by atoms with Crippen LogP contribution in [-0.2, 0) is 0 Å². The van der Waals surface area contributed by atoms with Crippen LogP contribution in [0.3, 0.4) is 0 Å². The maximum Gasteiger partial charge on any atom is 0.0644 e. The predicted molar refractivity (Wildman–Crippen MR) is 39.5 cm³/mol. The number of nitrogens with zero attached hydrogens (tertiary/aromatic N) is 1. The van der Waals surface area contributed by atoms with Gasteiger partial charge in [0.05, 0.1) is 6.54 Å². The van der Waals surface area contributed by atoms with Crippen molar-refractivity contribution in [3.63, 3.8) is 0 Å². The average molecular weight is 172 g/mol. The maximum atomic E-state index is 4.02.